The molecule has 0 aliphatic carbocycles. The van der Waals surface area contributed by atoms with Gasteiger partial charge in [-0.05, 0) is 80.6 Å². The van der Waals surface area contributed by atoms with Gasteiger partial charge in [0.05, 0.1) is 18.3 Å². The molecular weight excluding hydrogens is 617 g/mol. The zero-order chi connectivity index (χ0) is 33.5. The summed E-state index contributed by atoms with van der Waals surface area (Å²) in [5.74, 6) is -4.66. The Balaban J connectivity index is 1.28. The van der Waals surface area contributed by atoms with Crippen LogP contribution < -0.4 is 15.6 Å². The summed E-state index contributed by atoms with van der Waals surface area (Å²) in [6, 6.07) is 8.51. The first-order valence-corrected chi connectivity index (χ1v) is 14.4. The molecule has 15 heteroatoms. The number of hydrogen-bond acceptors (Lipinski definition) is 7. The first-order valence-electron chi connectivity index (χ1n) is 14.4. The van der Waals surface area contributed by atoms with E-state index in [9.17, 15) is 31.5 Å². The molecule has 46 heavy (non-hydrogen) atoms. The highest BCUT2D eigenvalue weighted by atomic mass is 19.4. The van der Waals surface area contributed by atoms with Crippen molar-refractivity contribution in [2.45, 2.75) is 52.1 Å². The van der Waals surface area contributed by atoms with Crippen LogP contribution in [-0.2, 0) is 16.0 Å². The minimum atomic E-state index is -5.27. The number of aromatic amines is 2. The number of aromatic nitrogens is 3. The highest BCUT2D eigenvalue weighted by Gasteiger charge is 2.34. The SMILES string of the molecule is CC(C)(C)OC(=O)N(CCCCOCCNc1cc(-c2cc[nH]c(=O)c2)cc2[nH]ncc12)Cc1cc(F)c(OC(F)(F)F)c(F)c1. The third-order valence-electron chi connectivity index (χ3n) is 6.50. The van der Waals surface area contributed by atoms with Gasteiger partial charge in [-0.15, -0.1) is 13.2 Å². The maximum atomic E-state index is 14.3. The monoisotopic (exact) mass is 651 g/mol. The number of nitrogens with zero attached hydrogens (tertiary/aromatic N) is 2. The van der Waals surface area contributed by atoms with E-state index in [-0.39, 0.29) is 24.2 Å². The number of halogens is 5. The quantitative estimate of drug-likeness (QED) is 0.108. The number of benzene rings is 2. The van der Waals surface area contributed by atoms with Crippen LogP contribution >= 0.6 is 0 Å². The zero-order valence-corrected chi connectivity index (χ0v) is 25.4. The van der Waals surface area contributed by atoms with Gasteiger partial charge in [-0.3, -0.25) is 9.89 Å². The second kappa shape index (κ2) is 14.6. The summed E-state index contributed by atoms with van der Waals surface area (Å²) in [4.78, 5) is 28.4. The van der Waals surface area contributed by atoms with Crippen molar-refractivity contribution in [3.8, 4) is 16.9 Å². The third kappa shape index (κ3) is 9.92. The molecule has 4 aromatic rings. The topological polar surface area (TPSA) is 122 Å². The molecule has 2 aromatic carbocycles. The standard InChI is InChI=1S/C31H34F5N5O5/c1-30(2,3)46-29(43)41(18-19-12-23(32)28(24(33)13-19)45-31(34,35)36)9-4-5-10-44-11-8-37-25-14-21(15-26-22(25)17-39-40-26)20-6-7-38-27(42)16-20/h6-7,12-17,37H,4-5,8-11,18H2,1-3H3,(H,38,42)(H,39,40). The van der Waals surface area contributed by atoms with Crippen LogP contribution in [0.4, 0.5) is 32.4 Å². The summed E-state index contributed by atoms with van der Waals surface area (Å²) < 4.78 is 80.6. The first kappa shape index (κ1) is 34.2. The maximum absolute atomic E-state index is 14.3. The van der Waals surface area contributed by atoms with Crippen molar-refractivity contribution in [2.75, 3.05) is 31.6 Å². The van der Waals surface area contributed by atoms with E-state index >= 15 is 0 Å². The van der Waals surface area contributed by atoms with Gasteiger partial charge < -0.3 is 29.4 Å². The van der Waals surface area contributed by atoms with Crippen molar-refractivity contribution in [2.24, 2.45) is 0 Å². The van der Waals surface area contributed by atoms with Crippen molar-refractivity contribution >= 4 is 22.7 Å². The Morgan fingerprint density at radius 2 is 1.74 bits per heavy atom. The fraction of sp³-hybridized carbons (Fsp3) is 0.387. The van der Waals surface area contributed by atoms with Crippen LogP contribution in [0, 0.1) is 11.6 Å². The van der Waals surface area contributed by atoms with Crippen molar-refractivity contribution < 1.29 is 41.0 Å². The maximum Gasteiger partial charge on any atom is 0.573 e. The molecule has 0 spiro atoms. The van der Waals surface area contributed by atoms with E-state index in [0.717, 1.165) is 27.7 Å². The van der Waals surface area contributed by atoms with Crippen LogP contribution in [0.5, 0.6) is 5.75 Å². The van der Waals surface area contributed by atoms with Crippen LogP contribution in [0.3, 0.4) is 0 Å². The van der Waals surface area contributed by atoms with E-state index in [4.69, 9.17) is 9.47 Å². The van der Waals surface area contributed by atoms with Crippen LogP contribution in [0.1, 0.15) is 39.2 Å². The molecule has 0 fully saturated rings. The lowest BCUT2D eigenvalue weighted by atomic mass is 10.0. The number of H-pyrrole nitrogens is 2. The van der Waals surface area contributed by atoms with Crippen molar-refractivity contribution in [3.05, 3.63) is 76.3 Å². The van der Waals surface area contributed by atoms with Gasteiger partial charge in [-0.1, -0.05) is 0 Å². The third-order valence-corrected chi connectivity index (χ3v) is 6.50. The molecule has 2 aromatic heterocycles. The summed E-state index contributed by atoms with van der Waals surface area (Å²) in [6.07, 6.45) is -1.76. The van der Waals surface area contributed by atoms with Crippen LogP contribution in [0.15, 0.2) is 53.6 Å². The molecule has 0 radical (unpaired) electrons. The van der Waals surface area contributed by atoms with Gasteiger partial charge in [-0.25, -0.2) is 13.6 Å². The number of amides is 1. The lowest BCUT2D eigenvalue weighted by molar-refractivity contribution is -0.276. The van der Waals surface area contributed by atoms with Gasteiger partial charge in [0, 0.05) is 49.6 Å². The second-order valence-corrected chi connectivity index (χ2v) is 11.4. The van der Waals surface area contributed by atoms with Gasteiger partial charge in [-0.2, -0.15) is 5.10 Å². The number of anilines is 1. The van der Waals surface area contributed by atoms with Gasteiger partial charge in [0.1, 0.15) is 5.60 Å². The number of hydrogen-bond donors (Lipinski definition) is 3. The Kier molecular flexibility index (Phi) is 10.9. The van der Waals surface area contributed by atoms with Crippen LogP contribution in [0.25, 0.3) is 22.0 Å². The number of nitrogens with one attached hydrogen (secondary N) is 3. The first-order chi connectivity index (χ1) is 21.7. The van der Waals surface area contributed by atoms with Gasteiger partial charge in [0.15, 0.2) is 11.6 Å². The average molecular weight is 652 g/mol. The Bertz CT molecular complexity index is 1680. The summed E-state index contributed by atoms with van der Waals surface area (Å²) in [6.45, 7) is 5.97. The Hall–Kier alpha value is -4.66. The summed E-state index contributed by atoms with van der Waals surface area (Å²) in [5, 5.41) is 11.2. The number of rotatable bonds is 13. The van der Waals surface area contributed by atoms with E-state index in [1.165, 1.54) is 11.0 Å². The second-order valence-electron chi connectivity index (χ2n) is 11.4. The smallest absolute Gasteiger partial charge is 0.444 e. The molecule has 0 aliphatic rings. The summed E-state index contributed by atoms with van der Waals surface area (Å²) in [7, 11) is 0. The molecule has 0 saturated carbocycles. The van der Waals surface area contributed by atoms with Crippen LogP contribution in [-0.4, -0.2) is 64.4 Å². The molecular formula is C31H34F5N5O5. The van der Waals surface area contributed by atoms with E-state index in [1.54, 1.807) is 39.2 Å². The van der Waals surface area contributed by atoms with E-state index in [2.05, 4.69) is 25.2 Å². The number of fused-ring (bicyclic) bond motifs is 1. The molecule has 0 bridgehead atoms. The molecule has 1 amide bonds. The van der Waals surface area contributed by atoms with Crippen molar-refractivity contribution in [1.29, 1.82) is 0 Å². The molecule has 2 heterocycles. The molecule has 0 aliphatic heterocycles. The fourth-order valence-electron chi connectivity index (χ4n) is 4.55. The van der Waals surface area contributed by atoms with Crippen molar-refractivity contribution in [1.82, 2.24) is 20.1 Å². The number of carbonyl (C=O) groups is 1. The number of pyridine rings is 1. The van der Waals surface area contributed by atoms with E-state index in [0.29, 0.717) is 44.7 Å². The largest absolute Gasteiger partial charge is 0.573 e. The molecule has 0 atom stereocenters. The number of carbonyl (C=O) groups excluding carboxylic acids is 1. The minimum Gasteiger partial charge on any atom is -0.444 e. The molecule has 3 N–H and O–H groups in total. The average Bonchev–Trinajstić information content (AvgIpc) is 3.43. The Morgan fingerprint density at radius 3 is 2.41 bits per heavy atom. The van der Waals surface area contributed by atoms with E-state index < -0.39 is 35.4 Å². The van der Waals surface area contributed by atoms with Crippen LogP contribution in [0.2, 0.25) is 0 Å². The predicted molar refractivity (Wildman–Crippen MR) is 160 cm³/mol. The Labute approximate surface area is 260 Å². The minimum absolute atomic E-state index is 0.0763. The zero-order valence-electron chi connectivity index (χ0n) is 25.4. The van der Waals surface area contributed by atoms with Gasteiger partial charge in [0.2, 0.25) is 11.3 Å². The Morgan fingerprint density at radius 1 is 1.00 bits per heavy atom. The van der Waals surface area contributed by atoms with Gasteiger partial charge >= 0.3 is 12.5 Å². The lowest BCUT2D eigenvalue weighted by Gasteiger charge is -2.27. The fourth-order valence-corrected chi connectivity index (χ4v) is 4.55. The number of ether oxygens (including phenoxy) is 3. The molecule has 4 rings (SSSR count). The summed E-state index contributed by atoms with van der Waals surface area (Å²) >= 11 is 0. The normalized spacial score (nSPS) is 11.9. The van der Waals surface area contributed by atoms with Gasteiger partial charge in [0.25, 0.3) is 0 Å². The molecule has 0 unspecified atom stereocenters. The highest BCUT2D eigenvalue weighted by Crippen LogP contribution is 2.31. The molecule has 248 valence electrons. The molecule has 0 saturated heterocycles. The number of alkyl halides is 3. The van der Waals surface area contributed by atoms with E-state index in [1.807, 2.05) is 12.1 Å². The highest BCUT2D eigenvalue weighted by molar-refractivity contribution is 5.95. The number of unbranched alkanes of at least 4 members (excludes halogenated alkanes) is 1. The predicted octanol–water partition coefficient (Wildman–Crippen LogP) is 6.74. The molecule has 10 nitrogen and oxygen atoms in total. The van der Waals surface area contributed by atoms with Crippen molar-refractivity contribution in [3.63, 3.8) is 0 Å². The summed E-state index contributed by atoms with van der Waals surface area (Å²) in [5.41, 5.74) is 2.05. The lowest BCUT2D eigenvalue weighted by Crippen LogP contribution is -2.37.